The number of hydrogen-bond acceptors (Lipinski definition) is 4. The van der Waals surface area contributed by atoms with Gasteiger partial charge < -0.3 is 19.7 Å². The molecule has 0 saturated heterocycles. The van der Waals surface area contributed by atoms with E-state index in [1.807, 2.05) is 49.4 Å². The fraction of sp³-hybridized carbons (Fsp3) is 0.250. The van der Waals surface area contributed by atoms with Crippen molar-refractivity contribution in [2.45, 2.75) is 19.4 Å². The molecule has 0 spiro atoms. The van der Waals surface area contributed by atoms with Crippen LogP contribution in [0.4, 0.5) is 5.69 Å². The van der Waals surface area contributed by atoms with E-state index in [1.165, 1.54) is 6.08 Å². The largest absolute Gasteiger partial charge is 0.490 e. The van der Waals surface area contributed by atoms with E-state index in [2.05, 4.69) is 11.9 Å². The second kappa shape index (κ2) is 10.3. The summed E-state index contributed by atoms with van der Waals surface area (Å²) in [5.41, 5.74) is 1.52. The summed E-state index contributed by atoms with van der Waals surface area (Å²) < 4.78 is 11.3. The Morgan fingerprint density at radius 2 is 2.00 bits per heavy atom. The van der Waals surface area contributed by atoms with Crippen LogP contribution in [0.15, 0.2) is 67.3 Å². The lowest BCUT2D eigenvalue weighted by Gasteiger charge is -2.33. The van der Waals surface area contributed by atoms with Gasteiger partial charge in [-0.2, -0.15) is 0 Å². The highest BCUT2D eigenvalue weighted by molar-refractivity contribution is 6.05. The Labute approximate surface area is 176 Å². The highest BCUT2D eigenvalue weighted by atomic mass is 16.5. The molecule has 0 unspecified atom stereocenters. The number of amides is 2. The summed E-state index contributed by atoms with van der Waals surface area (Å²) in [6, 6.07) is 14.7. The number of hydrogen-bond donors (Lipinski definition) is 1. The lowest BCUT2D eigenvalue weighted by molar-refractivity contribution is -0.128. The molecule has 0 saturated carbocycles. The average molecular weight is 406 g/mol. The standard InChI is InChI=1S/C24H26N2O4/c1-3-15-25-24(28)22-17-26(20-7-5-6-8-21(20)30-22)23(27)14-11-18-9-12-19(13-10-18)29-16-4-2/h4-14,22H,2-3,15-17H2,1H3,(H,25,28)/b14-11+/t22-/m1/s1. The Morgan fingerprint density at radius 3 is 2.73 bits per heavy atom. The molecule has 0 aliphatic carbocycles. The first-order chi connectivity index (χ1) is 14.6. The van der Waals surface area contributed by atoms with E-state index in [0.29, 0.717) is 24.6 Å². The van der Waals surface area contributed by atoms with Crippen LogP contribution in [0.5, 0.6) is 11.5 Å². The van der Waals surface area contributed by atoms with Crippen molar-refractivity contribution in [3.63, 3.8) is 0 Å². The van der Waals surface area contributed by atoms with Gasteiger partial charge in [0.25, 0.3) is 11.8 Å². The lowest BCUT2D eigenvalue weighted by Crippen LogP contribution is -2.50. The van der Waals surface area contributed by atoms with Crippen LogP contribution < -0.4 is 19.7 Å². The second-order valence-corrected chi connectivity index (χ2v) is 6.82. The molecular weight excluding hydrogens is 380 g/mol. The topological polar surface area (TPSA) is 67.9 Å². The van der Waals surface area contributed by atoms with Gasteiger partial charge in [-0.05, 0) is 42.3 Å². The first kappa shape index (κ1) is 21.2. The molecule has 6 heteroatoms. The molecule has 0 bridgehead atoms. The molecule has 1 heterocycles. The minimum atomic E-state index is -0.745. The number of carbonyl (C=O) groups excluding carboxylic acids is 2. The van der Waals surface area contributed by atoms with E-state index < -0.39 is 6.10 Å². The van der Waals surface area contributed by atoms with Crippen LogP contribution in [-0.4, -0.2) is 37.6 Å². The van der Waals surface area contributed by atoms with Crippen LogP contribution in [-0.2, 0) is 9.59 Å². The van der Waals surface area contributed by atoms with Crippen LogP contribution in [0.25, 0.3) is 6.08 Å². The maximum atomic E-state index is 12.9. The zero-order valence-corrected chi connectivity index (χ0v) is 17.0. The first-order valence-electron chi connectivity index (χ1n) is 9.99. The van der Waals surface area contributed by atoms with Crippen molar-refractivity contribution in [2.24, 2.45) is 0 Å². The quantitative estimate of drug-likeness (QED) is 0.537. The summed E-state index contributed by atoms with van der Waals surface area (Å²) >= 11 is 0. The van der Waals surface area contributed by atoms with Crippen molar-refractivity contribution in [3.8, 4) is 11.5 Å². The van der Waals surface area contributed by atoms with Gasteiger partial charge in [0.2, 0.25) is 0 Å². The van der Waals surface area contributed by atoms with E-state index >= 15 is 0 Å². The Hall–Kier alpha value is -3.54. The average Bonchev–Trinajstić information content (AvgIpc) is 2.79. The molecule has 156 valence electrons. The molecule has 0 aromatic heterocycles. The third-order valence-electron chi connectivity index (χ3n) is 4.55. The molecular formula is C24H26N2O4. The summed E-state index contributed by atoms with van der Waals surface area (Å²) in [5.74, 6) is 0.821. The number of carbonyl (C=O) groups is 2. The van der Waals surface area contributed by atoms with Crippen LogP contribution in [0.1, 0.15) is 18.9 Å². The Balaban J connectivity index is 1.73. The molecule has 1 N–H and O–H groups in total. The van der Waals surface area contributed by atoms with Crippen molar-refractivity contribution in [3.05, 3.63) is 72.8 Å². The molecule has 1 aliphatic heterocycles. The van der Waals surface area contributed by atoms with Gasteiger partial charge in [-0.25, -0.2) is 0 Å². The molecule has 2 amide bonds. The number of ether oxygens (including phenoxy) is 2. The van der Waals surface area contributed by atoms with E-state index in [9.17, 15) is 9.59 Å². The van der Waals surface area contributed by atoms with Gasteiger partial charge >= 0.3 is 0 Å². The normalized spacial score (nSPS) is 15.2. The zero-order valence-electron chi connectivity index (χ0n) is 17.0. The molecule has 1 atom stereocenters. The molecule has 1 aliphatic rings. The Morgan fingerprint density at radius 1 is 1.23 bits per heavy atom. The maximum absolute atomic E-state index is 12.9. The van der Waals surface area contributed by atoms with Crippen molar-refractivity contribution < 1.29 is 19.1 Å². The molecule has 30 heavy (non-hydrogen) atoms. The van der Waals surface area contributed by atoms with Crippen molar-refractivity contribution in [1.29, 1.82) is 0 Å². The number of rotatable bonds is 8. The minimum Gasteiger partial charge on any atom is -0.490 e. The molecule has 3 rings (SSSR count). The summed E-state index contributed by atoms with van der Waals surface area (Å²) in [6.45, 7) is 6.77. The SMILES string of the molecule is C=CCOc1ccc(/C=C/C(=O)N2C[C@H](C(=O)NCCC)Oc3ccccc32)cc1. The Bertz CT molecular complexity index is 921. The number of benzene rings is 2. The fourth-order valence-corrected chi connectivity index (χ4v) is 3.03. The third kappa shape index (κ3) is 5.29. The van der Waals surface area contributed by atoms with Crippen molar-refractivity contribution in [1.82, 2.24) is 5.32 Å². The third-order valence-corrected chi connectivity index (χ3v) is 4.55. The zero-order chi connectivity index (χ0) is 21.3. The number of para-hydroxylation sites is 2. The van der Waals surface area contributed by atoms with Crippen LogP contribution in [0, 0.1) is 0 Å². The summed E-state index contributed by atoms with van der Waals surface area (Å²) in [4.78, 5) is 26.9. The molecule has 2 aromatic rings. The first-order valence-corrected chi connectivity index (χ1v) is 9.99. The summed E-state index contributed by atoms with van der Waals surface area (Å²) in [5, 5.41) is 2.83. The van der Waals surface area contributed by atoms with E-state index in [1.54, 1.807) is 23.1 Å². The van der Waals surface area contributed by atoms with Crippen LogP contribution in [0.3, 0.4) is 0 Å². The highest BCUT2D eigenvalue weighted by Crippen LogP contribution is 2.33. The van der Waals surface area contributed by atoms with Crippen LogP contribution in [0.2, 0.25) is 0 Å². The van der Waals surface area contributed by atoms with Gasteiger partial charge in [0.05, 0.1) is 12.2 Å². The van der Waals surface area contributed by atoms with Gasteiger partial charge in [-0.1, -0.05) is 43.8 Å². The lowest BCUT2D eigenvalue weighted by atomic mass is 10.1. The minimum absolute atomic E-state index is 0.157. The maximum Gasteiger partial charge on any atom is 0.262 e. The van der Waals surface area contributed by atoms with Crippen molar-refractivity contribution >= 4 is 23.6 Å². The van der Waals surface area contributed by atoms with E-state index in [4.69, 9.17) is 9.47 Å². The molecule has 2 aromatic carbocycles. The number of nitrogens with zero attached hydrogens (tertiary/aromatic N) is 1. The van der Waals surface area contributed by atoms with Gasteiger partial charge in [0, 0.05) is 12.6 Å². The summed E-state index contributed by atoms with van der Waals surface area (Å²) in [7, 11) is 0. The number of nitrogens with one attached hydrogen (secondary N) is 1. The monoisotopic (exact) mass is 406 g/mol. The molecule has 6 nitrogen and oxygen atoms in total. The number of fused-ring (bicyclic) bond motifs is 1. The molecule has 0 radical (unpaired) electrons. The second-order valence-electron chi connectivity index (χ2n) is 6.82. The predicted molar refractivity (Wildman–Crippen MR) is 118 cm³/mol. The predicted octanol–water partition coefficient (Wildman–Crippen LogP) is 3.59. The smallest absolute Gasteiger partial charge is 0.262 e. The molecule has 0 fully saturated rings. The van der Waals surface area contributed by atoms with Gasteiger partial charge in [-0.15, -0.1) is 0 Å². The van der Waals surface area contributed by atoms with Crippen molar-refractivity contribution in [2.75, 3.05) is 24.6 Å². The Kier molecular flexibility index (Phi) is 7.27. The van der Waals surface area contributed by atoms with Gasteiger partial charge in [0.15, 0.2) is 6.10 Å². The van der Waals surface area contributed by atoms with E-state index in [-0.39, 0.29) is 18.4 Å². The van der Waals surface area contributed by atoms with E-state index in [0.717, 1.165) is 17.7 Å². The van der Waals surface area contributed by atoms with Gasteiger partial charge in [0.1, 0.15) is 18.1 Å². The number of anilines is 1. The highest BCUT2D eigenvalue weighted by Gasteiger charge is 2.32. The fourth-order valence-electron chi connectivity index (χ4n) is 3.03. The van der Waals surface area contributed by atoms with Gasteiger partial charge in [-0.3, -0.25) is 9.59 Å². The summed E-state index contributed by atoms with van der Waals surface area (Å²) in [6.07, 6.45) is 5.01. The van der Waals surface area contributed by atoms with Crippen LogP contribution >= 0.6 is 0 Å².